The van der Waals surface area contributed by atoms with Crippen molar-refractivity contribution in [3.05, 3.63) is 60.7 Å². The van der Waals surface area contributed by atoms with Gasteiger partial charge in [0.25, 0.3) is 20.2 Å². The second-order valence-electron chi connectivity index (χ2n) is 7.84. The number of anilines is 1. The zero-order chi connectivity index (χ0) is 27.1. The van der Waals surface area contributed by atoms with E-state index in [2.05, 4.69) is 15.7 Å². The Hall–Kier alpha value is -3.95. The van der Waals surface area contributed by atoms with E-state index in [1.807, 2.05) is 0 Å². The monoisotopic (exact) mass is 544 g/mol. The number of carbonyl (C=O) groups is 1. The molecule has 0 saturated heterocycles. The van der Waals surface area contributed by atoms with Gasteiger partial charge in [0.05, 0.1) is 5.69 Å². The molecule has 0 spiro atoms. The minimum absolute atomic E-state index is 0.109. The van der Waals surface area contributed by atoms with Crippen molar-refractivity contribution in [3.8, 4) is 5.75 Å². The first-order valence-electron chi connectivity index (χ1n) is 10.5. The van der Waals surface area contributed by atoms with Crippen LogP contribution in [0.25, 0.3) is 21.5 Å². The van der Waals surface area contributed by atoms with Crippen LogP contribution < -0.4 is 10.4 Å². The first-order chi connectivity index (χ1) is 17.3. The quantitative estimate of drug-likeness (QED) is 0.157. The Labute approximate surface area is 211 Å². The van der Waals surface area contributed by atoms with Crippen LogP contribution in [0.2, 0.25) is 0 Å². The smallest absolute Gasteiger partial charge is 0.297 e. The average Bonchev–Trinajstić information content (AvgIpc) is 2.81. The molecule has 37 heavy (non-hydrogen) atoms. The predicted octanol–water partition coefficient (Wildman–Crippen LogP) is 4.09. The van der Waals surface area contributed by atoms with Crippen LogP contribution in [0.3, 0.4) is 0 Å². The van der Waals surface area contributed by atoms with Crippen molar-refractivity contribution >= 4 is 64.8 Å². The molecule has 1 amide bonds. The summed E-state index contributed by atoms with van der Waals surface area (Å²) in [6, 6.07) is 14.4. The normalized spacial score (nSPS) is 12.4. The Balaban J connectivity index is 1.96. The Morgan fingerprint density at radius 2 is 1.57 bits per heavy atom. The molecular weight excluding hydrogens is 524 g/mol. The summed E-state index contributed by atoms with van der Waals surface area (Å²) in [6.45, 7) is 1.30. The zero-order valence-electron chi connectivity index (χ0n) is 19.3. The SMILES string of the molecule is CNN(C(C)=O)c1ccc2c(O)c(N=Nc3ccc4ccccc4c3S(=O)(=O)O)c(S(=O)(=O)O)cc2c1. The number of rotatable bonds is 6. The third kappa shape index (κ3) is 5.00. The van der Waals surface area contributed by atoms with Crippen molar-refractivity contribution in [3.63, 3.8) is 0 Å². The Bertz CT molecular complexity index is 1820. The van der Waals surface area contributed by atoms with Crippen LogP contribution in [-0.4, -0.2) is 44.0 Å². The van der Waals surface area contributed by atoms with Gasteiger partial charge >= 0.3 is 0 Å². The van der Waals surface area contributed by atoms with E-state index in [0.717, 1.165) is 6.07 Å². The van der Waals surface area contributed by atoms with E-state index in [0.29, 0.717) is 11.1 Å². The minimum Gasteiger partial charge on any atom is -0.505 e. The average molecular weight is 545 g/mol. The Morgan fingerprint density at radius 1 is 0.865 bits per heavy atom. The minimum atomic E-state index is -4.96. The summed E-state index contributed by atoms with van der Waals surface area (Å²) in [4.78, 5) is 10.5. The molecule has 0 heterocycles. The van der Waals surface area contributed by atoms with Crippen LogP contribution in [0, 0.1) is 0 Å². The van der Waals surface area contributed by atoms with Gasteiger partial charge in [-0.3, -0.25) is 13.9 Å². The number of hydrogen-bond donors (Lipinski definition) is 4. The number of fused-ring (bicyclic) bond motifs is 2. The van der Waals surface area contributed by atoms with E-state index < -0.39 is 41.5 Å². The number of aromatic hydroxyl groups is 1. The van der Waals surface area contributed by atoms with Crippen molar-refractivity contribution in [2.75, 3.05) is 12.1 Å². The van der Waals surface area contributed by atoms with Gasteiger partial charge in [0, 0.05) is 24.7 Å². The number of nitrogens with one attached hydrogen (secondary N) is 1. The summed E-state index contributed by atoms with van der Waals surface area (Å²) in [5.41, 5.74) is 2.01. The number of phenolic OH excluding ortho intramolecular Hbond substituents is 1. The van der Waals surface area contributed by atoms with Gasteiger partial charge in [0.15, 0.2) is 5.75 Å². The molecule has 12 nitrogen and oxygen atoms in total. The van der Waals surface area contributed by atoms with Crippen molar-refractivity contribution in [1.82, 2.24) is 5.43 Å². The number of azo groups is 1. The first-order valence-corrected chi connectivity index (χ1v) is 13.4. The van der Waals surface area contributed by atoms with Gasteiger partial charge in [-0.05, 0) is 41.1 Å². The summed E-state index contributed by atoms with van der Waals surface area (Å²) in [5, 5.41) is 20.5. The van der Waals surface area contributed by atoms with Crippen molar-refractivity contribution in [2.24, 2.45) is 10.2 Å². The third-order valence-electron chi connectivity index (χ3n) is 5.48. The fourth-order valence-corrected chi connectivity index (χ4v) is 5.42. The second-order valence-corrected chi connectivity index (χ2v) is 10.6. The molecule has 4 aromatic carbocycles. The molecule has 4 aromatic rings. The molecular formula is C23H20N4O8S2. The summed E-state index contributed by atoms with van der Waals surface area (Å²) >= 11 is 0. The van der Waals surface area contributed by atoms with Gasteiger partial charge in [-0.15, -0.1) is 10.2 Å². The van der Waals surface area contributed by atoms with E-state index in [4.69, 9.17) is 0 Å². The molecule has 192 valence electrons. The molecule has 0 aliphatic carbocycles. The lowest BCUT2D eigenvalue weighted by Crippen LogP contribution is -2.38. The molecule has 0 atom stereocenters. The molecule has 0 aliphatic rings. The fourth-order valence-electron chi connectivity index (χ4n) is 3.92. The van der Waals surface area contributed by atoms with Gasteiger partial charge in [0.1, 0.15) is 21.2 Å². The number of nitrogens with zero attached hydrogens (tertiary/aromatic N) is 3. The highest BCUT2D eigenvalue weighted by Gasteiger charge is 2.24. The standard InChI is InChI=1S/C23H20N4O8S2/c1-13(28)27(24-2)16-8-9-17-15(11-16)12-20(36(30,31)32)21(22(17)29)26-25-19-10-7-14-5-3-4-6-18(14)23(19)37(33,34)35/h3-12,24,29H,1-2H3,(H,30,31,32)(H,33,34,35). The van der Waals surface area contributed by atoms with E-state index in [1.54, 1.807) is 18.2 Å². The van der Waals surface area contributed by atoms with Crippen LogP contribution in [0.5, 0.6) is 5.75 Å². The van der Waals surface area contributed by atoms with E-state index in [9.17, 15) is 35.8 Å². The molecule has 0 aliphatic heterocycles. The number of amides is 1. The van der Waals surface area contributed by atoms with Crippen LogP contribution in [0.1, 0.15) is 6.92 Å². The van der Waals surface area contributed by atoms with Gasteiger partial charge in [0.2, 0.25) is 5.91 Å². The highest BCUT2D eigenvalue weighted by Crippen LogP contribution is 2.43. The van der Waals surface area contributed by atoms with Crippen LogP contribution in [0.15, 0.2) is 80.7 Å². The zero-order valence-corrected chi connectivity index (χ0v) is 20.9. The van der Waals surface area contributed by atoms with Crippen molar-refractivity contribution < 1.29 is 35.8 Å². The lowest BCUT2D eigenvalue weighted by Gasteiger charge is -2.20. The molecule has 0 bridgehead atoms. The van der Waals surface area contributed by atoms with Crippen LogP contribution in [0.4, 0.5) is 17.1 Å². The second kappa shape index (κ2) is 9.49. The van der Waals surface area contributed by atoms with Gasteiger partial charge in [-0.25, -0.2) is 10.4 Å². The fraction of sp³-hybridized carbons (Fsp3) is 0.0870. The largest absolute Gasteiger partial charge is 0.505 e. The lowest BCUT2D eigenvalue weighted by atomic mass is 10.1. The number of phenols is 1. The molecule has 0 fully saturated rings. The molecule has 0 aromatic heterocycles. The van der Waals surface area contributed by atoms with Crippen LogP contribution >= 0.6 is 0 Å². The van der Waals surface area contributed by atoms with Gasteiger partial charge in [-0.1, -0.05) is 30.3 Å². The number of benzene rings is 4. The topological polar surface area (TPSA) is 186 Å². The van der Waals surface area contributed by atoms with E-state index >= 15 is 0 Å². The lowest BCUT2D eigenvalue weighted by molar-refractivity contribution is -0.117. The maximum absolute atomic E-state index is 12.2. The Morgan fingerprint density at radius 3 is 2.19 bits per heavy atom. The molecule has 14 heteroatoms. The Kier molecular flexibility index (Phi) is 6.70. The van der Waals surface area contributed by atoms with Gasteiger partial charge in [-0.2, -0.15) is 16.8 Å². The summed E-state index contributed by atoms with van der Waals surface area (Å²) in [7, 11) is -8.25. The maximum atomic E-state index is 12.2. The van der Waals surface area contributed by atoms with E-state index in [1.165, 1.54) is 55.4 Å². The highest BCUT2D eigenvalue weighted by atomic mass is 32.2. The highest BCUT2D eigenvalue weighted by molar-refractivity contribution is 7.86. The predicted molar refractivity (Wildman–Crippen MR) is 136 cm³/mol. The van der Waals surface area contributed by atoms with Crippen LogP contribution in [-0.2, 0) is 25.0 Å². The number of hydrazine groups is 1. The molecule has 0 radical (unpaired) electrons. The third-order valence-corrected chi connectivity index (χ3v) is 7.30. The molecule has 0 unspecified atom stereocenters. The number of hydrogen-bond acceptors (Lipinski definition) is 9. The molecule has 0 saturated carbocycles. The molecule has 4 rings (SSSR count). The maximum Gasteiger partial charge on any atom is 0.297 e. The summed E-state index contributed by atoms with van der Waals surface area (Å²) in [5.74, 6) is -1.04. The van der Waals surface area contributed by atoms with E-state index in [-0.39, 0.29) is 27.8 Å². The van der Waals surface area contributed by atoms with Crippen molar-refractivity contribution in [2.45, 2.75) is 16.7 Å². The first kappa shape index (κ1) is 26.1. The van der Waals surface area contributed by atoms with Crippen molar-refractivity contribution in [1.29, 1.82) is 0 Å². The number of carbonyl (C=O) groups excluding carboxylic acids is 1. The molecule has 4 N–H and O–H groups in total. The summed E-state index contributed by atoms with van der Waals surface area (Å²) in [6.07, 6.45) is 0. The van der Waals surface area contributed by atoms with Gasteiger partial charge < -0.3 is 5.11 Å². The summed E-state index contributed by atoms with van der Waals surface area (Å²) < 4.78 is 68.3.